The van der Waals surface area contributed by atoms with E-state index in [1.165, 1.54) is 67.6 Å². The fraction of sp³-hybridized carbons (Fsp3) is 0.0800. The van der Waals surface area contributed by atoms with Crippen molar-refractivity contribution < 1.29 is 33.4 Å². The molecule has 1 aliphatic rings. The maximum absolute atomic E-state index is 12.8. The van der Waals surface area contributed by atoms with Crippen molar-refractivity contribution in [3.8, 4) is 5.75 Å². The summed E-state index contributed by atoms with van der Waals surface area (Å²) in [6.45, 7) is 0.715. The van der Waals surface area contributed by atoms with Crippen molar-refractivity contribution in [3.05, 3.63) is 93.0 Å². The number of imide groups is 1. The van der Waals surface area contributed by atoms with Crippen molar-refractivity contribution in [2.75, 3.05) is 11.5 Å². The first-order valence-corrected chi connectivity index (χ1v) is 10.9. The van der Waals surface area contributed by atoms with Crippen LogP contribution in [-0.2, 0) is 9.53 Å². The van der Waals surface area contributed by atoms with Gasteiger partial charge in [-0.3, -0.25) is 19.2 Å². The Morgan fingerprint density at radius 1 is 0.829 bits per heavy atom. The Hall–Kier alpha value is -4.01. The van der Waals surface area contributed by atoms with Crippen molar-refractivity contribution in [3.63, 3.8) is 0 Å². The minimum atomic E-state index is -0.820. The van der Waals surface area contributed by atoms with Gasteiger partial charge in [0.05, 0.1) is 32.4 Å². The van der Waals surface area contributed by atoms with E-state index in [2.05, 4.69) is 0 Å². The lowest BCUT2D eigenvalue weighted by atomic mass is 10.1. The molecule has 0 saturated heterocycles. The van der Waals surface area contributed by atoms with E-state index >= 15 is 0 Å². The molecule has 0 aliphatic carbocycles. The summed E-state index contributed by atoms with van der Waals surface area (Å²) in [5, 5.41) is 0.271. The van der Waals surface area contributed by atoms with Crippen molar-refractivity contribution in [2.24, 2.45) is 0 Å². The molecule has 0 radical (unpaired) electrons. The minimum absolute atomic E-state index is 0.0353. The fourth-order valence-corrected chi connectivity index (χ4v) is 3.74. The number of anilines is 1. The normalized spacial score (nSPS) is 12.4. The summed E-state index contributed by atoms with van der Waals surface area (Å²) in [7, 11) is 0. The van der Waals surface area contributed by atoms with Gasteiger partial charge in [0.2, 0.25) is 0 Å². The molecular weight excluding hydrogens is 497 g/mol. The standard InChI is InChI=1S/C25H15Cl2NO7/c1-13(29)35-17-7-5-14(6-8-17)22(30)12-34-25(33)15-3-2-4-16(9-15)28-23(31)18-10-20(26)21(27)11-19(18)24(28)32/h2-11H,12H2,1H3. The van der Waals surface area contributed by atoms with Gasteiger partial charge in [-0.1, -0.05) is 29.3 Å². The number of halogens is 2. The molecule has 0 aromatic heterocycles. The zero-order valence-electron chi connectivity index (χ0n) is 18.0. The van der Waals surface area contributed by atoms with Gasteiger partial charge in [0, 0.05) is 12.5 Å². The zero-order valence-corrected chi connectivity index (χ0v) is 19.6. The van der Waals surface area contributed by atoms with Gasteiger partial charge in [-0.2, -0.15) is 0 Å². The SMILES string of the molecule is CC(=O)Oc1ccc(C(=O)COC(=O)c2cccc(N3C(=O)c4cc(Cl)c(Cl)cc4C3=O)c2)cc1. The van der Waals surface area contributed by atoms with Crippen molar-refractivity contribution in [1.29, 1.82) is 0 Å². The number of nitrogens with zero attached hydrogens (tertiary/aromatic N) is 1. The van der Waals surface area contributed by atoms with Crippen LogP contribution in [-0.4, -0.2) is 36.1 Å². The fourth-order valence-electron chi connectivity index (χ4n) is 3.41. The summed E-state index contributed by atoms with van der Waals surface area (Å²) in [4.78, 5) is 62.4. The van der Waals surface area contributed by atoms with Crippen molar-refractivity contribution in [2.45, 2.75) is 6.92 Å². The summed E-state index contributed by atoms with van der Waals surface area (Å²) >= 11 is 12.0. The molecule has 35 heavy (non-hydrogen) atoms. The van der Waals surface area contributed by atoms with Gasteiger partial charge < -0.3 is 9.47 Å². The Morgan fingerprint density at radius 2 is 1.43 bits per heavy atom. The number of amides is 2. The molecule has 8 nitrogen and oxygen atoms in total. The topological polar surface area (TPSA) is 107 Å². The number of esters is 2. The second-order valence-corrected chi connectivity index (χ2v) is 8.24. The molecule has 0 spiro atoms. The number of rotatable bonds is 6. The number of ketones is 1. The van der Waals surface area contributed by atoms with Gasteiger partial charge in [0.1, 0.15) is 5.75 Å². The number of carbonyl (C=O) groups is 5. The van der Waals surface area contributed by atoms with Gasteiger partial charge >= 0.3 is 11.9 Å². The van der Waals surface area contributed by atoms with E-state index in [-0.39, 0.29) is 43.7 Å². The Kier molecular flexibility index (Phi) is 6.68. The van der Waals surface area contributed by atoms with E-state index < -0.39 is 36.1 Å². The summed E-state index contributed by atoms with van der Waals surface area (Å²) in [6, 6.07) is 14.1. The second kappa shape index (κ2) is 9.69. The average molecular weight is 512 g/mol. The van der Waals surface area contributed by atoms with Crippen molar-refractivity contribution in [1.82, 2.24) is 0 Å². The maximum Gasteiger partial charge on any atom is 0.338 e. The van der Waals surface area contributed by atoms with Crippen LogP contribution in [0.2, 0.25) is 10.0 Å². The number of hydrogen-bond acceptors (Lipinski definition) is 7. The Bertz CT molecular complexity index is 1360. The molecule has 0 unspecified atom stereocenters. The molecule has 4 rings (SSSR count). The molecule has 176 valence electrons. The highest BCUT2D eigenvalue weighted by atomic mass is 35.5. The van der Waals surface area contributed by atoms with E-state index in [1.807, 2.05) is 0 Å². The van der Waals surface area contributed by atoms with E-state index in [1.54, 1.807) is 0 Å². The second-order valence-electron chi connectivity index (χ2n) is 7.43. The number of benzene rings is 3. The summed E-state index contributed by atoms with van der Waals surface area (Å²) in [6.07, 6.45) is 0. The summed E-state index contributed by atoms with van der Waals surface area (Å²) in [5.41, 5.74) is 0.634. The monoisotopic (exact) mass is 511 g/mol. The van der Waals surface area contributed by atoms with Crippen LogP contribution in [0.5, 0.6) is 5.75 Å². The van der Waals surface area contributed by atoms with Crippen LogP contribution >= 0.6 is 23.2 Å². The third-order valence-electron chi connectivity index (χ3n) is 5.04. The molecule has 1 heterocycles. The third kappa shape index (κ3) is 4.94. The highest BCUT2D eigenvalue weighted by molar-refractivity contribution is 6.44. The van der Waals surface area contributed by atoms with Crippen LogP contribution in [0.3, 0.4) is 0 Å². The van der Waals surface area contributed by atoms with Gasteiger partial charge in [-0.15, -0.1) is 0 Å². The number of ether oxygens (including phenoxy) is 2. The Balaban J connectivity index is 1.46. The van der Waals surface area contributed by atoms with Gasteiger partial charge in [0.15, 0.2) is 12.4 Å². The van der Waals surface area contributed by atoms with Gasteiger partial charge in [-0.25, -0.2) is 9.69 Å². The Morgan fingerprint density at radius 3 is 2.00 bits per heavy atom. The first-order chi connectivity index (χ1) is 16.7. The summed E-state index contributed by atoms with van der Waals surface area (Å²) in [5.74, 6) is -2.73. The van der Waals surface area contributed by atoms with Crippen LogP contribution in [0.1, 0.15) is 48.4 Å². The molecule has 1 aliphatic heterocycles. The maximum atomic E-state index is 12.8. The first kappa shape index (κ1) is 24.1. The van der Waals surface area contributed by atoms with Crippen LogP contribution in [0, 0.1) is 0 Å². The highest BCUT2D eigenvalue weighted by Crippen LogP contribution is 2.34. The molecule has 0 N–H and O–H groups in total. The van der Waals surface area contributed by atoms with Crippen LogP contribution < -0.4 is 9.64 Å². The van der Waals surface area contributed by atoms with E-state index in [4.69, 9.17) is 32.7 Å². The van der Waals surface area contributed by atoms with Crippen LogP contribution in [0.4, 0.5) is 5.69 Å². The molecular formula is C25H15Cl2NO7. The summed E-state index contributed by atoms with van der Waals surface area (Å²) < 4.78 is 10.0. The lowest BCUT2D eigenvalue weighted by Gasteiger charge is -2.14. The smallest absolute Gasteiger partial charge is 0.338 e. The zero-order chi connectivity index (χ0) is 25.3. The molecule has 0 saturated carbocycles. The van der Waals surface area contributed by atoms with Gasteiger partial charge in [0.25, 0.3) is 11.8 Å². The predicted octanol–water partition coefficient (Wildman–Crippen LogP) is 4.76. The minimum Gasteiger partial charge on any atom is -0.454 e. The highest BCUT2D eigenvalue weighted by Gasteiger charge is 2.37. The molecule has 0 bridgehead atoms. The van der Waals surface area contributed by atoms with Crippen molar-refractivity contribution >= 4 is 58.4 Å². The number of fused-ring (bicyclic) bond motifs is 1. The first-order valence-electron chi connectivity index (χ1n) is 10.1. The lowest BCUT2D eigenvalue weighted by Crippen LogP contribution is -2.29. The van der Waals surface area contributed by atoms with Crippen LogP contribution in [0.25, 0.3) is 0 Å². The molecule has 2 amide bonds. The largest absolute Gasteiger partial charge is 0.454 e. The molecule has 3 aromatic carbocycles. The lowest BCUT2D eigenvalue weighted by molar-refractivity contribution is -0.131. The average Bonchev–Trinajstić information content (AvgIpc) is 3.06. The van der Waals surface area contributed by atoms with Crippen LogP contribution in [0.15, 0.2) is 60.7 Å². The molecule has 3 aromatic rings. The molecule has 0 fully saturated rings. The van der Waals surface area contributed by atoms with E-state index in [0.29, 0.717) is 0 Å². The van der Waals surface area contributed by atoms with Gasteiger partial charge in [-0.05, 0) is 54.6 Å². The number of hydrogen-bond donors (Lipinski definition) is 0. The predicted molar refractivity (Wildman–Crippen MR) is 126 cm³/mol. The molecule has 0 atom stereocenters. The Labute approximate surface area is 208 Å². The van der Waals surface area contributed by atoms with E-state index in [9.17, 15) is 24.0 Å². The number of Topliss-reactive ketones (excluding diaryl/α,β-unsaturated/α-hetero) is 1. The molecule has 10 heteroatoms. The number of carbonyl (C=O) groups excluding carboxylic acids is 5. The quantitative estimate of drug-likeness (QED) is 0.203. The van der Waals surface area contributed by atoms with E-state index in [0.717, 1.165) is 4.90 Å². The third-order valence-corrected chi connectivity index (χ3v) is 5.76.